The molecule has 4 nitrogen and oxygen atoms in total. The minimum Gasteiger partial charge on any atom is -0.371 e. The highest BCUT2D eigenvalue weighted by Crippen LogP contribution is 2.14. The van der Waals surface area contributed by atoms with Crippen molar-refractivity contribution in [2.24, 2.45) is 5.73 Å². The molecule has 2 atom stereocenters. The summed E-state index contributed by atoms with van der Waals surface area (Å²) >= 11 is 0. The fourth-order valence-electron chi connectivity index (χ4n) is 2.30. The van der Waals surface area contributed by atoms with Gasteiger partial charge in [-0.15, -0.1) is 0 Å². The molecule has 17 heavy (non-hydrogen) atoms. The number of aryl methyl sites for hydroxylation is 1. The number of hydrogen-bond donors (Lipinski definition) is 1. The molecule has 1 aliphatic rings. The number of morpholine rings is 1. The molecule has 1 aliphatic heterocycles. The van der Waals surface area contributed by atoms with Crippen LogP contribution < -0.4 is 5.73 Å². The molecular weight excluding hydrogens is 214 g/mol. The van der Waals surface area contributed by atoms with Crippen molar-refractivity contribution in [1.82, 2.24) is 9.88 Å². The number of pyridine rings is 1. The van der Waals surface area contributed by atoms with E-state index in [1.165, 1.54) is 5.56 Å². The Bertz CT molecular complexity index is 369. The molecule has 0 amide bonds. The lowest BCUT2D eigenvalue weighted by atomic mass is 10.1. The van der Waals surface area contributed by atoms with Crippen molar-refractivity contribution in [1.29, 1.82) is 0 Å². The second-order valence-corrected chi connectivity index (χ2v) is 4.77. The Morgan fingerprint density at radius 2 is 2.35 bits per heavy atom. The number of nitrogens with zero attached hydrogens (tertiary/aromatic N) is 2. The van der Waals surface area contributed by atoms with Crippen molar-refractivity contribution in [3.63, 3.8) is 0 Å². The summed E-state index contributed by atoms with van der Waals surface area (Å²) in [4.78, 5) is 6.81. The van der Waals surface area contributed by atoms with E-state index in [1.807, 2.05) is 12.3 Å². The van der Waals surface area contributed by atoms with Crippen molar-refractivity contribution in [3.8, 4) is 0 Å². The van der Waals surface area contributed by atoms with E-state index in [4.69, 9.17) is 10.5 Å². The van der Waals surface area contributed by atoms with Crippen LogP contribution in [0.3, 0.4) is 0 Å². The molecule has 0 bridgehead atoms. The quantitative estimate of drug-likeness (QED) is 0.847. The van der Waals surface area contributed by atoms with Crippen molar-refractivity contribution in [3.05, 3.63) is 29.6 Å². The van der Waals surface area contributed by atoms with Gasteiger partial charge in [0.15, 0.2) is 0 Å². The average Bonchev–Trinajstić information content (AvgIpc) is 2.31. The third-order valence-electron chi connectivity index (χ3n) is 3.16. The van der Waals surface area contributed by atoms with Crippen molar-refractivity contribution in [2.45, 2.75) is 32.6 Å². The number of rotatable bonds is 3. The first-order valence-corrected chi connectivity index (χ1v) is 6.17. The number of hydrogen-bond acceptors (Lipinski definition) is 4. The Morgan fingerprint density at radius 1 is 1.53 bits per heavy atom. The Morgan fingerprint density at radius 3 is 3.06 bits per heavy atom. The van der Waals surface area contributed by atoms with Gasteiger partial charge in [0.25, 0.3) is 0 Å². The lowest BCUT2D eigenvalue weighted by Crippen LogP contribution is -2.48. The zero-order chi connectivity index (χ0) is 12.3. The maximum absolute atomic E-state index is 5.75. The first-order chi connectivity index (χ1) is 8.19. The highest BCUT2D eigenvalue weighted by molar-refractivity contribution is 5.17. The molecule has 2 heterocycles. The third-order valence-corrected chi connectivity index (χ3v) is 3.16. The minimum atomic E-state index is 0.155. The van der Waals surface area contributed by atoms with Crippen LogP contribution in [0.25, 0.3) is 0 Å². The smallest absolute Gasteiger partial charge is 0.0828 e. The lowest BCUT2D eigenvalue weighted by Gasteiger charge is -2.36. The molecule has 0 aromatic carbocycles. The zero-order valence-electron chi connectivity index (χ0n) is 10.6. The van der Waals surface area contributed by atoms with Gasteiger partial charge in [-0.3, -0.25) is 9.88 Å². The molecule has 1 saturated heterocycles. The van der Waals surface area contributed by atoms with Crippen LogP contribution in [-0.4, -0.2) is 41.7 Å². The van der Waals surface area contributed by atoms with Gasteiger partial charge in [0.2, 0.25) is 0 Å². The van der Waals surface area contributed by atoms with Crippen LogP contribution in [-0.2, 0) is 11.3 Å². The summed E-state index contributed by atoms with van der Waals surface area (Å²) in [6, 6.07) is 4.08. The molecule has 2 rings (SSSR count). The van der Waals surface area contributed by atoms with Crippen LogP contribution in [0, 0.1) is 6.92 Å². The molecule has 4 heteroatoms. The second-order valence-electron chi connectivity index (χ2n) is 4.77. The molecule has 0 saturated carbocycles. The molecule has 2 unspecified atom stereocenters. The van der Waals surface area contributed by atoms with Crippen molar-refractivity contribution < 1.29 is 4.74 Å². The van der Waals surface area contributed by atoms with Gasteiger partial charge in [-0.05, 0) is 25.5 Å². The summed E-state index contributed by atoms with van der Waals surface area (Å²) in [5.41, 5.74) is 8.08. The Labute approximate surface area is 103 Å². The molecule has 1 aromatic heterocycles. The Kier molecular flexibility index (Phi) is 4.10. The van der Waals surface area contributed by atoms with Gasteiger partial charge >= 0.3 is 0 Å². The first-order valence-electron chi connectivity index (χ1n) is 6.17. The first kappa shape index (κ1) is 12.5. The fourth-order valence-corrected chi connectivity index (χ4v) is 2.30. The zero-order valence-corrected chi connectivity index (χ0v) is 10.6. The third kappa shape index (κ3) is 3.25. The topological polar surface area (TPSA) is 51.4 Å². The summed E-state index contributed by atoms with van der Waals surface area (Å²) in [7, 11) is 0. The van der Waals surface area contributed by atoms with E-state index in [9.17, 15) is 0 Å². The predicted octanol–water partition coefficient (Wildman–Crippen LogP) is 0.938. The number of nitrogens with two attached hydrogens (primary N) is 1. The van der Waals surface area contributed by atoms with Gasteiger partial charge in [-0.2, -0.15) is 0 Å². The van der Waals surface area contributed by atoms with E-state index >= 15 is 0 Å². The molecule has 1 aromatic rings. The monoisotopic (exact) mass is 235 g/mol. The molecule has 2 N–H and O–H groups in total. The molecule has 0 aliphatic carbocycles. The van der Waals surface area contributed by atoms with Crippen LogP contribution >= 0.6 is 0 Å². The normalized spacial score (nSPS) is 26.1. The van der Waals surface area contributed by atoms with Crippen LogP contribution in [0.1, 0.15) is 18.2 Å². The van der Waals surface area contributed by atoms with E-state index in [0.717, 1.165) is 25.3 Å². The maximum Gasteiger partial charge on any atom is 0.0828 e. The SMILES string of the molecule is Cc1cccnc1CN1CC(C)OC(CN)C1. The lowest BCUT2D eigenvalue weighted by molar-refractivity contribution is -0.0748. The predicted molar refractivity (Wildman–Crippen MR) is 67.6 cm³/mol. The summed E-state index contributed by atoms with van der Waals surface area (Å²) in [6.07, 6.45) is 2.26. The highest BCUT2D eigenvalue weighted by Gasteiger charge is 2.24. The summed E-state index contributed by atoms with van der Waals surface area (Å²) < 4.78 is 5.75. The van der Waals surface area contributed by atoms with Gasteiger partial charge in [0, 0.05) is 32.4 Å². The average molecular weight is 235 g/mol. The largest absolute Gasteiger partial charge is 0.371 e. The van der Waals surface area contributed by atoms with Crippen molar-refractivity contribution in [2.75, 3.05) is 19.6 Å². The van der Waals surface area contributed by atoms with E-state index in [1.54, 1.807) is 0 Å². The van der Waals surface area contributed by atoms with E-state index < -0.39 is 0 Å². The summed E-state index contributed by atoms with van der Waals surface area (Å²) in [5.74, 6) is 0. The van der Waals surface area contributed by atoms with Crippen LogP contribution in [0.15, 0.2) is 18.3 Å². The Hall–Kier alpha value is -0.970. The Balaban J connectivity index is 2.01. The number of aromatic nitrogens is 1. The van der Waals surface area contributed by atoms with Crippen LogP contribution in [0.2, 0.25) is 0 Å². The van der Waals surface area contributed by atoms with Crippen LogP contribution in [0.5, 0.6) is 0 Å². The van der Waals surface area contributed by atoms with Crippen LogP contribution in [0.4, 0.5) is 0 Å². The minimum absolute atomic E-state index is 0.155. The molecule has 1 fully saturated rings. The molecule has 94 valence electrons. The standard InChI is InChI=1S/C13H21N3O/c1-10-4-3-5-15-13(10)9-16-7-11(2)17-12(6-14)8-16/h3-5,11-12H,6-9,14H2,1-2H3. The summed E-state index contributed by atoms with van der Waals surface area (Å²) in [6.45, 7) is 7.52. The molecule has 0 radical (unpaired) electrons. The fraction of sp³-hybridized carbons (Fsp3) is 0.615. The van der Waals surface area contributed by atoms with Gasteiger partial charge in [-0.1, -0.05) is 6.07 Å². The summed E-state index contributed by atoms with van der Waals surface area (Å²) in [5, 5.41) is 0. The van der Waals surface area contributed by atoms with Gasteiger partial charge < -0.3 is 10.5 Å². The maximum atomic E-state index is 5.75. The van der Waals surface area contributed by atoms with E-state index in [2.05, 4.69) is 29.8 Å². The number of ether oxygens (including phenoxy) is 1. The highest BCUT2D eigenvalue weighted by atomic mass is 16.5. The van der Waals surface area contributed by atoms with Gasteiger partial charge in [-0.25, -0.2) is 0 Å². The van der Waals surface area contributed by atoms with Gasteiger partial charge in [0.05, 0.1) is 17.9 Å². The van der Waals surface area contributed by atoms with E-state index in [0.29, 0.717) is 6.54 Å². The second kappa shape index (κ2) is 5.58. The molecule has 0 spiro atoms. The molecular formula is C13H21N3O. The van der Waals surface area contributed by atoms with Gasteiger partial charge in [0.1, 0.15) is 0 Å². The van der Waals surface area contributed by atoms with Crippen molar-refractivity contribution >= 4 is 0 Å². The van der Waals surface area contributed by atoms with E-state index in [-0.39, 0.29) is 12.2 Å².